The predicted molar refractivity (Wildman–Crippen MR) is 115 cm³/mol. The molecule has 30 heavy (non-hydrogen) atoms. The van der Waals surface area contributed by atoms with Gasteiger partial charge in [-0.3, -0.25) is 4.79 Å². The molecular weight excluding hydrogens is 376 g/mol. The molecule has 5 nitrogen and oxygen atoms in total. The smallest absolute Gasteiger partial charge is 0.191 e. The largest absolute Gasteiger partial charge is 0.446 e. The van der Waals surface area contributed by atoms with Crippen LogP contribution in [0, 0.1) is 41.4 Å². The van der Waals surface area contributed by atoms with E-state index in [9.17, 15) is 4.79 Å². The second kappa shape index (κ2) is 7.49. The summed E-state index contributed by atoms with van der Waals surface area (Å²) >= 11 is 0. The molecule has 0 radical (unpaired) electrons. The lowest BCUT2D eigenvalue weighted by molar-refractivity contribution is -0.137. The van der Waals surface area contributed by atoms with Crippen molar-refractivity contribution in [3.63, 3.8) is 0 Å². The Kier molecular flexibility index (Phi) is 5.06. The first-order chi connectivity index (χ1) is 14.4. The summed E-state index contributed by atoms with van der Waals surface area (Å²) in [6.07, 6.45) is 12.8. The van der Waals surface area contributed by atoms with Gasteiger partial charge in [0.1, 0.15) is 18.2 Å². The fourth-order valence-electron chi connectivity index (χ4n) is 7.72. The number of nitrogens with zero attached hydrogens (tertiary/aromatic N) is 2. The van der Waals surface area contributed by atoms with Gasteiger partial charge >= 0.3 is 0 Å². The normalized spacial score (nSPS) is 42.0. The van der Waals surface area contributed by atoms with E-state index in [1.54, 1.807) is 6.20 Å². The molecule has 164 valence electrons. The molecule has 4 aliphatic carbocycles. The molecule has 0 amide bonds. The lowest BCUT2D eigenvalue weighted by Crippen LogP contribution is -2.53. The summed E-state index contributed by atoms with van der Waals surface area (Å²) in [6, 6.07) is 0. The Morgan fingerprint density at radius 3 is 2.83 bits per heavy atom. The molecule has 0 bridgehead atoms. The molecule has 0 saturated heterocycles. The van der Waals surface area contributed by atoms with E-state index in [4.69, 9.17) is 9.25 Å². The van der Waals surface area contributed by atoms with Gasteiger partial charge in [-0.2, -0.15) is 0 Å². The van der Waals surface area contributed by atoms with Gasteiger partial charge in [-0.1, -0.05) is 19.0 Å². The van der Waals surface area contributed by atoms with E-state index in [-0.39, 0.29) is 5.41 Å². The second-order valence-electron chi connectivity index (χ2n) is 10.9. The summed E-state index contributed by atoms with van der Waals surface area (Å²) in [7, 11) is 0. The SMILES string of the molecule is Cc1ncc(CCO/N=C2/CC[C@@]3(C)C(CCC4C3CC[C@]3(C)C(=O)CCC43)C2)o1. The van der Waals surface area contributed by atoms with Crippen LogP contribution in [0.3, 0.4) is 0 Å². The first-order valence-electron chi connectivity index (χ1n) is 12.0. The first-order valence-corrected chi connectivity index (χ1v) is 12.0. The lowest BCUT2D eigenvalue weighted by atomic mass is 9.45. The number of aromatic nitrogens is 1. The maximum Gasteiger partial charge on any atom is 0.191 e. The third kappa shape index (κ3) is 3.23. The van der Waals surface area contributed by atoms with Crippen molar-refractivity contribution in [3.8, 4) is 0 Å². The van der Waals surface area contributed by atoms with Crippen LogP contribution in [0.5, 0.6) is 0 Å². The van der Waals surface area contributed by atoms with Crippen LogP contribution in [0.4, 0.5) is 0 Å². The number of oxime groups is 1. The third-order valence-corrected chi connectivity index (χ3v) is 9.51. The van der Waals surface area contributed by atoms with E-state index >= 15 is 0 Å². The van der Waals surface area contributed by atoms with Gasteiger partial charge in [0, 0.05) is 25.2 Å². The summed E-state index contributed by atoms with van der Waals surface area (Å²) in [4.78, 5) is 22.4. The number of fused-ring (bicyclic) bond motifs is 5. The predicted octanol–water partition coefficient (Wildman–Crippen LogP) is 5.51. The zero-order valence-corrected chi connectivity index (χ0v) is 18.8. The van der Waals surface area contributed by atoms with Crippen molar-refractivity contribution < 1.29 is 14.0 Å². The molecule has 4 saturated carbocycles. The fraction of sp³-hybridized carbons (Fsp3) is 0.800. The minimum absolute atomic E-state index is 0.0124. The molecular formula is C25H36N2O3. The summed E-state index contributed by atoms with van der Waals surface area (Å²) in [6.45, 7) is 7.23. The minimum atomic E-state index is -0.0124. The molecule has 0 aromatic carbocycles. The zero-order chi connectivity index (χ0) is 20.9. The molecule has 1 aromatic rings. The molecule has 5 heteroatoms. The summed E-state index contributed by atoms with van der Waals surface area (Å²) < 4.78 is 5.49. The number of carbonyl (C=O) groups is 1. The lowest BCUT2D eigenvalue weighted by Gasteiger charge is -2.59. The third-order valence-electron chi connectivity index (χ3n) is 9.51. The number of hydrogen-bond acceptors (Lipinski definition) is 5. The van der Waals surface area contributed by atoms with Crippen LogP contribution >= 0.6 is 0 Å². The number of ketones is 1. The van der Waals surface area contributed by atoms with Crippen molar-refractivity contribution in [1.29, 1.82) is 0 Å². The van der Waals surface area contributed by atoms with Crippen molar-refractivity contribution in [3.05, 3.63) is 17.8 Å². The van der Waals surface area contributed by atoms with Crippen molar-refractivity contribution in [1.82, 2.24) is 4.98 Å². The fourth-order valence-corrected chi connectivity index (χ4v) is 7.72. The molecule has 4 unspecified atom stereocenters. The van der Waals surface area contributed by atoms with Gasteiger partial charge in [0.2, 0.25) is 0 Å². The van der Waals surface area contributed by atoms with Crippen LogP contribution in [0.15, 0.2) is 15.8 Å². The Labute approximate surface area is 180 Å². The number of hydrogen-bond donors (Lipinski definition) is 0. The molecule has 6 atom stereocenters. The Hall–Kier alpha value is -1.65. The maximum atomic E-state index is 12.6. The van der Waals surface area contributed by atoms with Crippen molar-refractivity contribution in [2.24, 2.45) is 39.7 Å². The number of rotatable bonds is 4. The highest BCUT2D eigenvalue weighted by molar-refractivity contribution is 5.87. The highest BCUT2D eigenvalue weighted by Crippen LogP contribution is 2.65. The van der Waals surface area contributed by atoms with Crippen LogP contribution in [0.2, 0.25) is 0 Å². The number of carbonyl (C=O) groups excluding carboxylic acids is 1. The van der Waals surface area contributed by atoms with E-state index < -0.39 is 0 Å². The van der Waals surface area contributed by atoms with Crippen LogP contribution in [0.25, 0.3) is 0 Å². The quantitative estimate of drug-likeness (QED) is 0.483. The van der Waals surface area contributed by atoms with Crippen molar-refractivity contribution in [2.45, 2.75) is 85.0 Å². The van der Waals surface area contributed by atoms with E-state index in [1.807, 2.05) is 6.92 Å². The van der Waals surface area contributed by atoms with Gasteiger partial charge in [0.05, 0.1) is 11.9 Å². The number of aryl methyl sites for hydroxylation is 1. The maximum absolute atomic E-state index is 12.6. The first kappa shape index (κ1) is 20.3. The molecule has 1 aromatic heterocycles. The molecule has 4 fully saturated rings. The van der Waals surface area contributed by atoms with E-state index in [0.29, 0.717) is 42.0 Å². The second-order valence-corrected chi connectivity index (χ2v) is 10.9. The summed E-state index contributed by atoms with van der Waals surface area (Å²) in [5.41, 5.74) is 1.63. The van der Waals surface area contributed by atoms with Crippen LogP contribution in [-0.4, -0.2) is 23.1 Å². The van der Waals surface area contributed by atoms with E-state index in [2.05, 4.69) is 24.0 Å². The van der Waals surface area contributed by atoms with E-state index in [1.165, 1.54) is 31.4 Å². The molecule has 0 aliphatic heterocycles. The average molecular weight is 413 g/mol. The van der Waals surface area contributed by atoms with Gasteiger partial charge in [-0.05, 0) is 80.5 Å². The highest BCUT2D eigenvalue weighted by atomic mass is 16.6. The van der Waals surface area contributed by atoms with Gasteiger partial charge in [0.15, 0.2) is 5.89 Å². The average Bonchev–Trinajstić information content (AvgIpc) is 3.28. The number of Topliss-reactive ketones (excluding diaryl/α,β-unsaturated/α-hetero) is 1. The van der Waals surface area contributed by atoms with Gasteiger partial charge in [-0.15, -0.1) is 0 Å². The van der Waals surface area contributed by atoms with Crippen molar-refractivity contribution in [2.75, 3.05) is 6.61 Å². The summed E-state index contributed by atoms with van der Waals surface area (Å²) in [5, 5.41) is 4.52. The van der Waals surface area contributed by atoms with Gasteiger partial charge in [0.25, 0.3) is 0 Å². The van der Waals surface area contributed by atoms with E-state index in [0.717, 1.165) is 49.7 Å². The van der Waals surface area contributed by atoms with Crippen LogP contribution < -0.4 is 0 Å². The molecule has 1 heterocycles. The standard InChI is InChI=1S/C25H36N2O3/c1-16-26-15-19(30-16)10-13-29-27-18-8-11-24(2)17(14-18)4-5-20-21-6-7-23(28)25(21,3)12-9-22(20)24/h15,17,20-22H,4-14H2,1-3H3/b27-18-/t17?,20?,21?,22?,24-,25-/m0/s1. The van der Waals surface area contributed by atoms with Crippen LogP contribution in [0.1, 0.15) is 83.3 Å². The molecule has 4 aliphatic rings. The van der Waals surface area contributed by atoms with Gasteiger partial charge in [-0.25, -0.2) is 4.98 Å². The van der Waals surface area contributed by atoms with Crippen LogP contribution in [-0.2, 0) is 16.1 Å². The Morgan fingerprint density at radius 2 is 2.03 bits per heavy atom. The Bertz CT molecular complexity index is 845. The topological polar surface area (TPSA) is 64.7 Å². The molecule has 0 N–H and O–H groups in total. The summed E-state index contributed by atoms with van der Waals surface area (Å²) in [5.74, 6) is 5.01. The molecule has 0 spiro atoms. The monoisotopic (exact) mass is 412 g/mol. The Morgan fingerprint density at radius 1 is 1.17 bits per heavy atom. The molecule has 5 rings (SSSR count). The highest BCUT2D eigenvalue weighted by Gasteiger charge is 2.60. The Balaban J connectivity index is 1.21. The zero-order valence-electron chi connectivity index (χ0n) is 18.8. The number of oxazole rings is 1. The van der Waals surface area contributed by atoms with Crippen molar-refractivity contribution >= 4 is 11.5 Å². The minimum Gasteiger partial charge on any atom is -0.446 e. The van der Waals surface area contributed by atoms with Gasteiger partial charge < -0.3 is 9.25 Å².